The number of rotatable bonds is 5. The maximum Gasteiger partial charge on any atom is 0.434 e. The number of hydrogen-bond donors (Lipinski definition) is 1. The molecule has 1 heterocycles. The van der Waals surface area contributed by atoms with Crippen LogP contribution in [0, 0.1) is 0 Å². The van der Waals surface area contributed by atoms with Gasteiger partial charge < -0.3 is 10.1 Å². The summed E-state index contributed by atoms with van der Waals surface area (Å²) in [5.74, 6) is 0. The van der Waals surface area contributed by atoms with Crippen LogP contribution in [-0.2, 0) is 23.1 Å². The molecule has 0 saturated heterocycles. The topological polar surface area (TPSA) is 34.1 Å². The fourth-order valence-corrected chi connectivity index (χ4v) is 2.86. The molecule has 0 aliphatic rings. The highest BCUT2D eigenvalue weighted by Crippen LogP contribution is 2.39. The predicted octanol–water partition coefficient (Wildman–Crippen LogP) is 4.32. The zero-order valence-corrected chi connectivity index (χ0v) is 14.1. The lowest BCUT2D eigenvalue weighted by atomic mass is 10.1. The van der Waals surface area contributed by atoms with Gasteiger partial charge in [-0.2, -0.15) is 13.2 Å². The van der Waals surface area contributed by atoms with Gasteiger partial charge in [0.25, 0.3) is 0 Å². The minimum Gasteiger partial charge on any atom is -0.371 e. The van der Waals surface area contributed by atoms with Crippen molar-refractivity contribution in [3.63, 3.8) is 0 Å². The van der Waals surface area contributed by atoms with Crippen LogP contribution >= 0.6 is 11.3 Å². The number of methoxy groups -OCH3 is 1. The lowest BCUT2D eigenvalue weighted by molar-refractivity contribution is -0.141. The summed E-state index contributed by atoms with van der Waals surface area (Å²) in [4.78, 5) is 4.02. The van der Waals surface area contributed by atoms with Crippen molar-refractivity contribution in [3.8, 4) is 0 Å². The third-order valence-electron chi connectivity index (χ3n) is 3.32. The fourth-order valence-electron chi connectivity index (χ4n) is 1.65. The predicted molar refractivity (Wildman–Crippen MR) is 78.4 cm³/mol. The first-order valence-electron chi connectivity index (χ1n) is 6.80. The minimum absolute atomic E-state index is 0.138. The van der Waals surface area contributed by atoms with E-state index in [0.717, 1.165) is 11.3 Å². The van der Waals surface area contributed by atoms with Crippen molar-refractivity contribution >= 4 is 11.3 Å². The van der Waals surface area contributed by atoms with Crippen LogP contribution in [0.4, 0.5) is 13.2 Å². The standard InChI is InChI=1S/C14H23F3N2OS/c1-7-13(5,20-6)11-19-10(14(15,16)17)9(21-11)8-18-12(2,3)4/h18H,7-8H2,1-6H3. The summed E-state index contributed by atoms with van der Waals surface area (Å²) < 4.78 is 44.8. The summed E-state index contributed by atoms with van der Waals surface area (Å²) >= 11 is 1.06. The molecule has 0 amide bonds. The van der Waals surface area contributed by atoms with Crippen LogP contribution in [-0.4, -0.2) is 17.6 Å². The normalized spacial score (nSPS) is 16.0. The van der Waals surface area contributed by atoms with E-state index in [0.29, 0.717) is 11.4 Å². The van der Waals surface area contributed by atoms with E-state index in [1.54, 1.807) is 6.92 Å². The first-order valence-corrected chi connectivity index (χ1v) is 7.62. The highest BCUT2D eigenvalue weighted by molar-refractivity contribution is 7.11. The van der Waals surface area contributed by atoms with Crippen LogP contribution in [0.25, 0.3) is 0 Å². The molecule has 1 unspecified atom stereocenters. The molecule has 3 nitrogen and oxygen atoms in total. The van der Waals surface area contributed by atoms with E-state index in [-0.39, 0.29) is 17.0 Å². The van der Waals surface area contributed by atoms with Crippen molar-refractivity contribution in [1.82, 2.24) is 10.3 Å². The number of aromatic nitrogens is 1. The molecule has 0 aliphatic carbocycles. The molecule has 1 aromatic heterocycles. The molecular weight excluding hydrogens is 301 g/mol. The molecule has 0 aliphatic heterocycles. The molecule has 0 aromatic carbocycles. The smallest absolute Gasteiger partial charge is 0.371 e. The van der Waals surface area contributed by atoms with Gasteiger partial charge in [0.1, 0.15) is 10.6 Å². The van der Waals surface area contributed by atoms with E-state index in [4.69, 9.17) is 4.74 Å². The highest BCUT2D eigenvalue weighted by Gasteiger charge is 2.40. The molecule has 0 saturated carbocycles. The quantitative estimate of drug-likeness (QED) is 0.876. The Hall–Kier alpha value is -0.660. The first-order chi connectivity index (χ1) is 9.43. The summed E-state index contributed by atoms with van der Waals surface area (Å²) in [6, 6.07) is 0. The van der Waals surface area contributed by atoms with Gasteiger partial charge in [-0.3, -0.25) is 0 Å². The summed E-state index contributed by atoms with van der Waals surface area (Å²) in [6.07, 6.45) is -3.90. The van der Waals surface area contributed by atoms with Crippen molar-refractivity contribution in [3.05, 3.63) is 15.6 Å². The average molecular weight is 324 g/mol. The Balaban J connectivity index is 3.20. The van der Waals surface area contributed by atoms with E-state index in [2.05, 4.69) is 10.3 Å². The highest BCUT2D eigenvalue weighted by atomic mass is 32.1. The molecule has 21 heavy (non-hydrogen) atoms. The van der Waals surface area contributed by atoms with Gasteiger partial charge >= 0.3 is 6.18 Å². The summed E-state index contributed by atoms with van der Waals surface area (Å²) in [7, 11) is 1.49. The second-order valence-corrected chi connectivity index (χ2v) is 7.26. The second-order valence-electron chi connectivity index (χ2n) is 6.18. The zero-order chi connectivity index (χ0) is 16.5. The van der Waals surface area contributed by atoms with Crippen LogP contribution in [0.3, 0.4) is 0 Å². The zero-order valence-electron chi connectivity index (χ0n) is 13.3. The molecule has 0 bridgehead atoms. The number of halogens is 3. The van der Waals surface area contributed by atoms with E-state index >= 15 is 0 Å². The third kappa shape index (κ3) is 4.66. The molecular formula is C14H23F3N2OS. The van der Waals surface area contributed by atoms with Gasteiger partial charge in [0.2, 0.25) is 0 Å². The van der Waals surface area contributed by atoms with Crippen LogP contribution in [0.2, 0.25) is 0 Å². The number of nitrogens with zero attached hydrogens (tertiary/aromatic N) is 1. The SMILES string of the molecule is CCC(C)(OC)c1nc(C(F)(F)F)c(CNC(C)(C)C)s1. The largest absolute Gasteiger partial charge is 0.434 e. The fraction of sp³-hybridized carbons (Fsp3) is 0.786. The number of nitrogens with one attached hydrogen (secondary N) is 1. The Morgan fingerprint density at radius 1 is 1.19 bits per heavy atom. The summed E-state index contributed by atoms with van der Waals surface area (Å²) in [6.45, 7) is 9.49. The van der Waals surface area contributed by atoms with Gasteiger partial charge in [-0.1, -0.05) is 6.92 Å². The lowest BCUT2D eigenvalue weighted by Gasteiger charge is -2.23. The van der Waals surface area contributed by atoms with Crippen molar-refractivity contribution in [2.24, 2.45) is 0 Å². The van der Waals surface area contributed by atoms with E-state index in [1.165, 1.54) is 7.11 Å². The first kappa shape index (κ1) is 18.4. The van der Waals surface area contributed by atoms with Crippen molar-refractivity contribution in [2.45, 2.75) is 64.9 Å². The maximum atomic E-state index is 13.2. The molecule has 122 valence electrons. The van der Waals surface area contributed by atoms with E-state index < -0.39 is 17.5 Å². The average Bonchev–Trinajstić information content (AvgIpc) is 2.79. The molecule has 7 heteroatoms. The Labute approximate surface area is 127 Å². The van der Waals surface area contributed by atoms with E-state index in [1.807, 2.05) is 27.7 Å². The molecule has 1 aromatic rings. The van der Waals surface area contributed by atoms with Gasteiger partial charge in [-0.05, 0) is 34.1 Å². The molecule has 0 radical (unpaired) electrons. The Bertz CT molecular complexity index is 474. The summed E-state index contributed by atoms with van der Waals surface area (Å²) in [5, 5.41) is 3.45. The molecule has 1 rings (SSSR count). The second kappa shape index (κ2) is 6.22. The maximum absolute atomic E-state index is 13.2. The van der Waals surface area contributed by atoms with Crippen molar-refractivity contribution in [1.29, 1.82) is 0 Å². The monoisotopic (exact) mass is 324 g/mol. The minimum atomic E-state index is -4.45. The van der Waals surface area contributed by atoms with Gasteiger partial charge in [0, 0.05) is 19.2 Å². The van der Waals surface area contributed by atoms with E-state index in [9.17, 15) is 13.2 Å². The number of hydrogen-bond acceptors (Lipinski definition) is 4. The molecule has 1 N–H and O–H groups in total. The van der Waals surface area contributed by atoms with Gasteiger partial charge in [0.15, 0.2) is 5.69 Å². The Morgan fingerprint density at radius 3 is 2.14 bits per heavy atom. The van der Waals surface area contributed by atoms with Crippen LogP contribution < -0.4 is 5.32 Å². The number of ether oxygens (including phenoxy) is 1. The molecule has 0 fully saturated rings. The van der Waals surface area contributed by atoms with Crippen molar-refractivity contribution < 1.29 is 17.9 Å². The van der Waals surface area contributed by atoms with Gasteiger partial charge in [-0.15, -0.1) is 11.3 Å². The van der Waals surface area contributed by atoms with Gasteiger partial charge in [0.05, 0.1) is 4.88 Å². The van der Waals surface area contributed by atoms with Crippen LogP contribution in [0.15, 0.2) is 0 Å². The van der Waals surface area contributed by atoms with Crippen molar-refractivity contribution in [2.75, 3.05) is 7.11 Å². The number of thiazole rings is 1. The Kier molecular flexibility index (Phi) is 5.45. The van der Waals surface area contributed by atoms with Gasteiger partial charge in [-0.25, -0.2) is 4.98 Å². The van der Waals surface area contributed by atoms with Crippen LogP contribution in [0.1, 0.15) is 56.6 Å². The Morgan fingerprint density at radius 2 is 1.76 bits per heavy atom. The number of alkyl halides is 3. The lowest BCUT2D eigenvalue weighted by Crippen LogP contribution is -2.35. The molecule has 0 spiro atoms. The molecule has 1 atom stereocenters. The third-order valence-corrected chi connectivity index (χ3v) is 4.62. The summed E-state index contributed by atoms with van der Waals surface area (Å²) in [5.41, 5.74) is -1.86. The van der Waals surface area contributed by atoms with Crippen LogP contribution in [0.5, 0.6) is 0 Å².